The van der Waals surface area contributed by atoms with Crippen LogP contribution in [-0.2, 0) is 16.8 Å². The minimum atomic E-state index is -0.143. The second kappa shape index (κ2) is 8.89. The number of hydrogen-bond donors (Lipinski definition) is 1. The second-order valence-electron chi connectivity index (χ2n) is 9.06. The Morgan fingerprint density at radius 1 is 1.03 bits per heavy atom. The van der Waals surface area contributed by atoms with Crippen molar-refractivity contribution < 1.29 is 14.3 Å². The minimum Gasteiger partial charge on any atom is -0.468 e. The van der Waals surface area contributed by atoms with E-state index in [0.717, 1.165) is 38.0 Å². The lowest BCUT2D eigenvalue weighted by atomic mass is 9.69. The maximum atomic E-state index is 12.7. The van der Waals surface area contributed by atoms with Gasteiger partial charge in [0.15, 0.2) is 6.79 Å². The number of hydrogen-bond acceptors (Lipinski definition) is 4. The minimum absolute atomic E-state index is 0.0520. The summed E-state index contributed by atoms with van der Waals surface area (Å²) >= 11 is 0. The standard InChI is InChI=1S/C25H33N3O3/c1-27(2)25(21-10-7-11-22(16-21)31-19-30-3)14-12-24(13-15-25)18-28(23(29)26-24)17-20-8-5-4-6-9-20/h4-11,16H,12-15,17-19H2,1-3H3,(H,26,29). The summed E-state index contributed by atoms with van der Waals surface area (Å²) in [5.41, 5.74) is 2.21. The Bertz CT molecular complexity index is 892. The van der Waals surface area contributed by atoms with Gasteiger partial charge in [0, 0.05) is 25.7 Å². The van der Waals surface area contributed by atoms with Gasteiger partial charge in [-0.15, -0.1) is 0 Å². The lowest BCUT2D eigenvalue weighted by molar-refractivity contribution is 0.0488. The van der Waals surface area contributed by atoms with Gasteiger partial charge in [-0.2, -0.15) is 0 Å². The molecule has 2 amide bonds. The van der Waals surface area contributed by atoms with Gasteiger partial charge in [0.1, 0.15) is 5.75 Å². The first-order valence-corrected chi connectivity index (χ1v) is 11.0. The molecule has 31 heavy (non-hydrogen) atoms. The fourth-order valence-electron chi connectivity index (χ4n) is 5.14. The third-order valence-corrected chi connectivity index (χ3v) is 6.97. The van der Waals surface area contributed by atoms with Crippen LogP contribution in [0.2, 0.25) is 0 Å². The van der Waals surface area contributed by atoms with Crippen molar-refractivity contribution in [1.82, 2.24) is 15.1 Å². The number of amides is 2. The van der Waals surface area contributed by atoms with E-state index >= 15 is 0 Å². The Morgan fingerprint density at radius 2 is 1.77 bits per heavy atom. The van der Waals surface area contributed by atoms with Crippen LogP contribution in [-0.4, -0.2) is 55.9 Å². The predicted octanol–water partition coefficient (Wildman–Crippen LogP) is 3.96. The number of carbonyl (C=O) groups excluding carboxylic acids is 1. The summed E-state index contributed by atoms with van der Waals surface area (Å²) in [6, 6.07) is 18.6. The number of rotatable bonds is 7. The van der Waals surface area contributed by atoms with Gasteiger partial charge in [0.2, 0.25) is 0 Å². The SMILES string of the molecule is COCOc1cccc(C2(N(C)C)CCC3(CC2)CN(Cc2ccccc2)C(=O)N3)c1. The zero-order valence-electron chi connectivity index (χ0n) is 18.8. The van der Waals surface area contributed by atoms with Gasteiger partial charge in [0.05, 0.1) is 5.54 Å². The van der Waals surface area contributed by atoms with Crippen LogP contribution in [0.25, 0.3) is 0 Å². The van der Waals surface area contributed by atoms with E-state index in [1.165, 1.54) is 11.1 Å². The molecule has 0 radical (unpaired) electrons. The van der Waals surface area contributed by atoms with E-state index in [4.69, 9.17) is 9.47 Å². The van der Waals surface area contributed by atoms with Gasteiger partial charge in [-0.05, 0) is 63.0 Å². The summed E-state index contributed by atoms with van der Waals surface area (Å²) in [4.78, 5) is 17.0. The molecule has 1 aliphatic heterocycles. The molecule has 0 aromatic heterocycles. The second-order valence-corrected chi connectivity index (χ2v) is 9.06. The topological polar surface area (TPSA) is 54.0 Å². The largest absolute Gasteiger partial charge is 0.468 e. The summed E-state index contributed by atoms with van der Waals surface area (Å²) in [6.07, 6.45) is 3.86. The predicted molar refractivity (Wildman–Crippen MR) is 121 cm³/mol. The zero-order chi connectivity index (χ0) is 21.9. The van der Waals surface area contributed by atoms with Gasteiger partial charge in [-0.25, -0.2) is 4.79 Å². The van der Waals surface area contributed by atoms with E-state index in [1.807, 2.05) is 29.2 Å². The smallest absolute Gasteiger partial charge is 0.318 e. The highest BCUT2D eigenvalue weighted by Gasteiger charge is 2.50. The molecule has 2 aliphatic rings. The third kappa shape index (κ3) is 4.41. The monoisotopic (exact) mass is 423 g/mol. The summed E-state index contributed by atoms with van der Waals surface area (Å²) in [5, 5.41) is 3.33. The number of urea groups is 1. The fourth-order valence-corrected chi connectivity index (χ4v) is 5.14. The first-order valence-electron chi connectivity index (χ1n) is 11.0. The number of nitrogens with one attached hydrogen (secondary N) is 1. The first kappa shape index (κ1) is 21.7. The van der Waals surface area contributed by atoms with Crippen molar-refractivity contribution in [2.24, 2.45) is 0 Å². The van der Waals surface area contributed by atoms with E-state index in [2.05, 4.69) is 54.6 Å². The summed E-state index contributed by atoms with van der Waals surface area (Å²) in [5.74, 6) is 0.823. The van der Waals surface area contributed by atoms with Crippen LogP contribution in [0.5, 0.6) is 5.75 Å². The normalized spacial score (nSPS) is 25.8. The van der Waals surface area contributed by atoms with Crippen LogP contribution in [0.3, 0.4) is 0 Å². The molecule has 2 aromatic rings. The molecule has 1 saturated heterocycles. The fraction of sp³-hybridized carbons (Fsp3) is 0.480. The zero-order valence-corrected chi connectivity index (χ0v) is 18.8. The van der Waals surface area contributed by atoms with E-state index in [-0.39, 0.29) is 23.9 Å². The van der Waals surface area contributed by atoms with Crippen molar-refractivity contribution in [3.8, 4) is 5.75 Å². The number of carbonyl (C=O) groups is 1. The van der Waals surface area contributed by atoms with Crippen LogP contribution < -0.4 is 10.1 Å². The molecule has 0 unspecified atom stereocenters. The Kier molecular flexibility index (Phi) is 6.21. The van der Waals surface area contributed by atoms with Gasteiger partial charge in [-0.3, -0.25) is 4.90 Å². The molecule has 6 heteroatoms. The van der Waals surface area contributed by atoms with Crippen LogP contribution in [0, 0.1) is 0 Å². The quantitative estimate of drug-likeness (QED) is 0.685. The molecule has 2 fully saturated rings. The highest BCUT2D eigenvalue weighted by molar-refractivity contribution is 5.78. The van der Waals surface area contributed by atoms with Crippen LogP contribution in [0.1, 0.15) is 36.8 Å². The summed E-state index contributed by atoms with van der Waals surface area (Å²) in [6.45, 7) is 1.66. The Labute approximate surface area is 185 Å². The molecule has 1 saturated carbocycles. The molecular weight excluding hydrogens is 390 g/mol. The lowest BCUT2D eigenvalue weighted by Crippen LogP contribution is -2.54. The van der Waals surface area contributed by atoms with Crippen LogP contribution in [0.15, 0.2) is 54.6 Å². The summed E-state index contributed by atoms with van der Waals surface area (Å²) in [7, 11) is 5.92. The van der Waals surface area contributed by atoms with Crippen LogP contribution >= 0.6 is 0 Å². The van der Waals surface area contributed by atoms with Crippen molar-refractivity contribution in [3.05, 3.63) is 65.7 Å². The van der Waals surface area contributed by atoms with E-state index in [1.54, 1.807) is 7.11 Å². The molecule has 1 N–H and O–H groups in total. The molecule has 6 nitrogen and oxygen atoms in total. The Morgan fingerprint density at radius 3 is 2.45 bits per heavy atom. The molecule has 1 heterocycles. The van der Waals surface area contributed by atoms with Gasteiger partial charge < -0.3 is 19.7 Å². The van der Waals surface area contributed by atoms with Gasteiger partial charge in [-0.1, -0.05) is 42.5 Å². The van der Waals surface area contributed by atoms with Crippen molar-refractivity contribution in [1.29, 1.82) is 0 Å². The van der Waals surface area contributed by atoms with E-state index < -0.39 is 0 Å². The number of methoxy groups -OCH3 is 1. The maximum Gasteiger partial charge on any atom is 0.318 e. The molecular formula is C25H33N3O3. The lowest BCUT2D eigenvalue weighted by Gasteiger charge is -2.48. The molecule has 1 spiro atoms. The van der Waals surface area contributed by atoms with E-state index in [0.29, 0.717) is 6.54 Å². The first-order chi connectivity index (χ1) is 15.0. The van der Waals surface area contributed by atoms with Gasteiger partial charge in [0.25, 0.3) is 0 Å². The van der Waals surface area contributed by atoms with Gasteiger partial charge >= 0.3 is 6.03 Å². The molecule has 4 rings (SSSR count). The number of benzene rings is 2. The average Bonchev–Trinajstić information content (AvgIpc) is 3.08. The molecule has 0 bridgehead atoms. The summed E-state index contributed by atoms with van der Waals surface area (Å²) < 4.78 is 10.7. The number of ether oxygens (including phenoxy) is 2. The number of nitrogens with zero attached hydrogens (tertiary/aromatic N) is 2. The maximum absolute atomic E-state index is 12.7. The molecule has 0 atom stereocenters. The van der Waals surface area contributed by atoms with Crippen molar-refractivity contribution in [2.45, 2.75) is 43.3 Å². The highest BCUT2D eigenvalue weighted by Crippen LogP contribution is 2.46. The van der Waals surface area contributed by atoms with E-state index in [9.17, 15) is 4.79 Å². The highest BCUT2D eigenvalue weighted by atomic mass is 16.7. The Hall–Kier alpha value is -2.57. The third-order valence-electron chi connectivity index (χ3n) is 6.97. The van der Waals surface area contributed by atoms with Crippen molar-refractivity contribution in [3.63, 3.8) is 0 Å². The average molecular weight is 424 g/mol. The molecule has 2 aromatic carbocycles. The Balaban J connectivity index is 1.48. The molecule has 166 valence electrons. The van der Waals surface area contributed by atoms with Crippen molar-refractivity contribution in [2.75, 3.05) is 34.5 Å². The van der Waals surface area contributed by atoms with Crippen LogP contribution in [0.4, 0.5) is 4.79 Å². The molecule has 1 aliphatic carbocycles. The van der Waals surface area contributed by atoms with Crippen molar-refractivity contribution >= 4 is 6.03 Å².